The Bertz CT molecular complexity index is 300. The molecule has 0 aliphatic rings. The monoisotopic (exact) mass is 259 g/mol. The number of rotatable bonds is 7. The van der Waals surface area contributed by atoms with Gasteiger partial charge in [0, 0.05) is 17.8 Å². The van der Waals surface area contributed by atoms with E-state index in [1.165, 1.54) is 4.88 Å². The molecule has 0 aliphatic carbocycles. The third-order valence-electron chi connectivity index (χ3n) is 2.37. The molecule has 0 bridgehead atoms. The summed E-state index contributed by atoms with van der Waals surface area (Å²) in [5.74, 6) is 0.107. The predicted molar refractivity (Wildman–Crippen MR) is 70.2 cm³/mol. The van der Waals surface area contributed by atoms with Gasteiger partial charge in [-0.15, -0.1) is 22.9 Å². The van der Waals surface area contributed by atoms with Gasteiger partial charge >= 0.3 is 0 Å². The molecule has 0 radical (unpaired) electrons. The lowest BCUT2D eigenvalue weighted by molar-refractivity contribution is -0.121. The Balaban J connectivity index is 2.06. The van der Waals surface area contributed by atoms with Crippen LogP contribution in [0, 0.1) is 0 Å². The van der Waals surface area contributed by atoms with Crippen LogP contribution in [0.25, 0.3) is 0 Å². The number of nitrogens with one attached hydrogen (secondary N) is 1. The minimum atomic E-state index is 0.0567. The third kappa shape index (κ3) is 5.52. The first-order valence-corrected chi connectivity index (χ1v) is 6.97. The number of aryl methyl sites for hydroxylation is 1. The molecule has 1 rings (SSSR count). The molecule has 16 heavy (non-hydrogen) atoms. The predicted octanol–water partition coefficient (Wildman–Crippen LogP) is 3.20. The van der Waals surface area contributed by atoms with Crippen LogP contribution in [0.15, 0.2) is 17.5 Å². The molecule has 0 saturated heterocycles. The standard InChI is InChI=1S/C12H18ClNOS/c1-2-10(13)9-14-12(15)7-3-5-11-6-4-8-16-11/h4,6,8,10H,2-3,5,7,9H2,1H3,(H,14,15). The molecule has 1 atom stereocenters. The molecule has 2 nitrogen and oxygen atoms in total. The van der Waals surface area contributed by atoms with Gasteiger partial charge in [-0.1, -0.05) is 13.0 Å². The molecule has 1 aromatic rings. The number of alkyl halides is 1. The normalized spacial score (nSPS) is 12.4. The zero-order valence-corrected chi connectivity index (χ0v) is 11.1. The lowest BCUT2D eigenvalue weighted by Crippen LogP contribution is -2.29. The second kappa shape index (κ2) is 7.69. The zero-order chi connectivity index (χ0) is 11.8. The zero-order valence-electron chi connectivity index (χ0n) is 9.54. The van der Waals surface area contributed by atoms with E-state index in [0.717, 1.165) is 19.3 Å². The number of hydrogen-bond donors (Lipinski definition) is 1. The van der Waals surface area contributed by atoms with Crippen molar-refractivity contribution in [1.82, 2.24) is 5.32 Å². The second-order valence-corrected chi connectivity index (χ2v) is 5.39. The maximum atomic E-state index is 11.4. The smallest absolute Gasteiger partial charge is 0.220 e. The van der Waals surface area contributed by atoms with E-state index in [1.54, 1.807) is 11.3 Å². The fourth-order valence-electron chi connectivity index (χ4n) is 1.34. The summed E-state index contributed by atoms with van der Waals surface area (Å²) in [4.78, 5) is 12.8. The average molecular weight is 260 g/mol. The molecule has 90 valence electrons. The van der Waals surface area contributed by atoms with Crippen LogP contribution >= 0.6 is 22.9 Å². The van der Waals surface area contributed by atoms with Gasteiger partial charge in [0.05, 0.1) is 5.38 Å². The average Bonchev–Trinajstić information content (AvgIpc) is 2.79. The van der Waals surface area contributed by atoms with Crippen LogP contribution in [-0.2, 0) is 11.2 Å². The molecule has 0 aliphatic heterocycles. The molecule has 1 aromatic heterocycles. The maximum absolute atomic E-state index is 11.4. The Hall–Kier alpha value is -0.540. The first kappa shape index (κ1) is 13.5. The number of carbonyl (C=O) groups is 1. The van der Waals surface area contributed by atoms with Crippen molar-refractivity contribution in [1.29, 1.82) is 0 Å². The topological polar surface area (TPSA) is 29.1 Å². The summed E-state index contributed by atoms with van der Waals surface area (Å²) in [5.41, 5.74) is 0. The summed E-state index contributed by atoms with van der Waals surface area (Å²) < 4.78 is 0. The van der Waals surface area contributed by atoms with E-state index in [0.29, 0.717) is 13.0 Å². The number of carbonyl (C=O) groups excluding carboxylic acids is 1. The summed E-state index contributed by atoms with van der Waals surface area (Å²) >= 11 is 7.66. The molecule has 1 N–H and O–H groups in total. The van der Waals surface area contributed by atoms with Gasteiger partial charge < -0.3 is 5.32 Å². The molecular formula is C12H18ClNOS. The Morgan fingerprint density at radius 1 is 1.62 bits per heavy atom. The summed E-state index contributed by atoms with van der Waals surface area (Å²) in [6, 6.07) is 4.15. The van der Waals surface area contributed by atoms with Gasteiger partial charge in [0.2, 0.25) is 5.91 Å². The lowest BCUT2D eigenvalue weighted by atomic mass is 10.2. The number of thiophene rings is 1. The van der Waals surface area contributed by atoms with Crippen molar-refractivity contribution in [2.24, 2.45) is 0 Å². The van der Waals surface area contributed by atoms with E-state index in [2.05, 4.69) is 16.8 Å². The van der Waals surface area contributed by atoms with Crippen LogP contribution in [-0.4, -0.2) is 17.8 Å². The van der Waals surface area contributed by atoms with Gasteiger partial charge in [-0.25, -0.2) is 0 Å². The van der Waals surface area contributed by atoms with E-state index in [4.69, 9.17) is 11.6 Å². The maximum Gasteiger partial charge on any atom is 0.220 e. The van der Waals surface area contributed by atoms with E-state index < -0.39 is 0 Å². The summed E-state index contributed by atoms with van der Waals surface area (Å²) in [6.07, 6.45) is 3.37. The fourth-order valence-corrected chi connectivity index (χ4v) is 2.16. The molecule has 1 amide bonds. The Morgan fingerprint density at radius 2 is 2.44 bits per heavy atom. The van der Waals surface area contributed by atoms with Crippen molar-refractivity contribution >= 4 is 28.8 Å². The van der Waals surface area contributed by atoms with Crippen LogP contribution in [0.5, 0.6) is 0 Å². The first-order chi connectivity index (χ1) is 7.72. The highest BCUT2D eigenvalue weighted by Gasteiger charge is 2.05. The van der Waals surface area contributed by atoms with Crippen molar-refractivity contribution in [2.45, 2.75) is 38.0 Å². The quantitative estimate of drug-likeness (QED) is 0.749. The molecular weight excluding hydrogens is 242 g/mol. The lowest BCUT2D eigenvalue weighted by Gasteiger charge is -2.08. The van der Waals surface area contributed by atoms with Gasteiger partial charge in [-0.2, -0.15) is 0 Å². The van der Waals surface area contributed by atoms with Gasteiger partial charge in [-0.05, 0) is 30.7 Å². The molecule has 1 heterocycles. The number of halogens is 1. The number of amides is 1. The highest BCUT2D eigenvalue weighted by Crippen LogP contribution is 2.11. The van der Waals surface area contributed by atoms with E-state index in [-0.39, 0.29) is 11.3 Å². The van der Waals surface area contributed by atoms with Crippen molar-refractivity contribution in [3.63, 3.8) is 0 Å². The van der Waals surface area contributed by atoms with Gasteiger partial charge in [0.1, 0.15) is 0 Å². The fraction of sp³-hybridized carbons (Fsp3) is 0.583. The Labute approximate surface area is 106 Å². The van der Waals surface area contributed by atoms with Crippen molar-refractivity contribution in [2.75, 3.05) is 6.54 Å². The molecule has 0 aromatic carbocycles. The molecule has 4 heteroatoms. The van der Waals surface area contributed by atoms with Gasteiger partial charge in [0.25, 0.3) is 0 Å². The molecule has 0 spiro atoms. The minimum absolute atomic E-state index is 0.0567. The summed E-state index contributed by atoms with van der Waals surface area (Å²) in [7, 11) is 0. The number of hydrogen-bond acceptors (Lipinski definition) is 2. The van der Waals surface area contributed by atoms with Crippen molar-refractivity contribution in [3.8, 4) is 0 Å². The van der Waals surface area contributed by atoms with Crippen LogP contribution in [0.3, 0.4) is 0 Å². The minimum Gasteiger partial charge on any atom is -0.355 e. The van der Waals surface area contributed by atoms with Crippen molar-refractivity contribution in [3.05, 3.63) is 22.4 Å². The Kier molecular flexibility index (Phi) is 6.50. The van der Waals surface area contributed by atoms with Crippen LogP contribution in [0.1, 0.15) is 31.1 Å². The van der Waals surface area contributed by atoms with Crippen LogP contribution < -0.4 is 5.32 Å². The Morgan fingerprint density at radius 3 is 3.06 bits per heavy atom. The highest BCUT2D eigenvalue weighted by molar-refractivity contribution is 7.09. The van der Waals surface area contributed by atoms with E-state index >= 15 is 0 Å². The van der Waals surface area contributed by atoms with E-state index in [1.807, 2.05) is 13.0 Å². The highest BCUT2D eigenvalue weighted by atomic mass is 35.5. The summed E-state index contributed by atoms with van der Waals surface area (Å²) in [6.45, 7) is 2.59. The second-order valence-electron chi connectivity index (χ2n) is 3.74. The van der Waals surface area contributed by atoms with Gasteiger partial charge in [0.15, 0.2) is 0 Å². The summed E-state index contributed by atoms with van der Waals surface area (Å²) in [5, 5.41) is 4.97. The first-order valence-electron chi connectivity index (χ1n) is 5.65. The largest absolute Gasteiger partial charge is 0.355 e. The SMILES string of the molecule is CCC(Cl)CNC(=O)CCCc1cccs1. The van der Waals surface area contributed by atoms with Gasteiger partial charge in [-0.3, -0.25) is 4.79 Å². The van der Waals surface area contributed by atoms with Crippen LogP contribution in [0.4, 0.5) is 0 Å². The molecule has 1 unspecified atom stereocenters. The molecule has 0 saturated carbocycles. The van der Waals surface area contributed by atoms with Crippen LogP contribution in [0.2, 0.25) is 0 Å². The molecule has 0 fully saturated rings. The van der Waals surface area contributed by atoms with E-state index in [9.17, 15) is 4.79 Å². The van der Waals surface area contributed by atoms with Crippen molar-refractivity contribution < 1.29 is 4.79 Å². The third-order valence-corrected chi connectivity index (χ3v) is 3.77.